The summed E-state index contributed by atoms with van der Waals surface area (Å²) in [5.74, 6) is -1.02. The average Bonchev–Trinajstić information content (AvgIpc) is 2.38. The largest absolute Gasteiger partial charge is 0.480 e. The lowest BCUT2D eigenvalue weighted by atomic mass is 10.2. The number of fused-ring (bicyclic) bond motifs is 1. The van der Waals surface area contributed by atoms with E-state index in [1.807, 2.05) is 6.07 Å². The number of carbonyl (C=O) groups is 2. The molecular weight excluding hydrogens is 288 g/mol. The second-order valence-electron chi connectivity index (χ2n) is 3.75. The lowest BCUT2D eigenvalue weighted by Crippen LogP contribution is -2.30. The fraction of sp³-hybridized carbons (Fsp3) is 0.273. The highest BCUT2D eigenvalue weighted by atomic mass is 79.9. The molecule has 1 aromatic rings. The first-order chi connectivity index (χ1) is 8.08. The summed E-state index contributed by atoms with van der Waals surface area (Å²) >= 11 is 3.38. The number of halogens is 1. The van der Waals surface area contributed by atoms with Gasteiger partial charge < -0.3 is 15.3 Å². The van der Waals surface area contributed by atoms with Crippen LogP contribution in [0.5, 0.6) is 0 Å². The maximum Gasteiger partial charge on any atom is 0.323 e. The molecule has 2 rings (SSSR count). The summed E-state index contributed by atoms with van der Waals surface area (Å²) < 4.78 is 0.776. The van der Waals surface area contributed by atoms with E-state index in [2.05, 4.69) is 21.2 Å². The number of carboxylic acid groups (broad SMARTS) is 1. The summed E-state index contributed by atoms with van der Waals surface area (Å²) in [5, 5.41) is 11.6. The van der Waals surface area contributed by atoms with Gasteiger partial charge in [0.1, 0.15) is 6.54 Å². The molecule has 90 valence electrons. The topological polar surface area (TPSA) is 69.6 Å². The Labute approximate surface area is 107 Å². The number of carboxylic acids is 1. The molecule has 6 heteroatoms. The second-order valence-corrected chi connectivity index (χ2v) is 4.60. The Balaban J connectivity index is 2.44. The van der Waals surface area contributed by atoms with Crippen molar-refractivity contribution in [3.05, 3.63) is 22.7 Å². The van der Waals surface area contributed by atoms with E-state index in [9.17, 15) is 9.59 Å². The molecule has 0 unspecified atom stereocenters. The molecule has 0 bridgehead atoms. The molecule has 5 nitrogen and oxygen atoms in total. The van der Waals surface area contributed by atoms with Gasteiger partial charge >= 0.3 is 5.97 Å². The fourth-order valence-corrected chi connectivity index (χ4v) is 2.44. The van der Waals surface area contributed by atoms with Gasteiger partial charge in [0.05, 0.1) is 11.4 Å². The zero-order valence-corrected chi connectivity index (χ0v) is 10.5. The average molecular weight is 299 g/mol. The van der Waals surface area contributed by atoms with E-state index in [0.717, 1.165) is 10.2 Å². The van der Waals surface area contributed by atoms with E-state index < -0.39 is 5.97 Å². The number of nitrogens with zero attached hydrogens (tertiary/aromatic N) is 1. The van der Waals surface area contributed by atoms with E-state index in [-0.39, 0.29) is 18.9 Å². The summed E-state index contributed by atoms with van der Waals surface area (Å²) in [6, 6.07) is 5.39. The first-order valence-electron chi connectivity index (χ1n) is 5.13. The molecule has 0 atom stereocenters. The minimum Gasteiger partial charge on any atom is -0.480 e. The van der Waals surface area contributed by atoms with E-state index in [4.69, 9.17) is 5.11 Å². The summed E-state index contributed by atoms with van der Waals surface area (Å²) in [6.07, 6.45) is 0.286. The Morgan fingerprint density at radius 2 is 2.29 bits per heavy atom. The van der Waals surface area contributed by atoms with Gasteiger partial charge in [-0.1, -0.05) is 6.07 Å². The van der Waals surface area contributed by atoms with Crippen molar-refractivity contribution >= 4 is 39.2 Å². The van der Waals surface area contributed by atoms with Gasteiger partial charge in [-0.2, -0.15) is 0 Å². The standard InChI is InChI=1S/C11H11BrN2O3/c12-7-2-1-3-8-11(7)14(6-10(16)17)5-4-9(15)13-8/h1-3H,4-6H2,(H,13,15)(H,16,17). The summed E-state index contributed by atoms with van der Waals surface area (Å²) in [6.45, 7) is 0.276. The van der Waals surface area contributed by atoms with Crippen LogP contribution in [0.3, 0.4) is 0 Å². The van der Waals surface area contributed by atoms with E-state index in [1.54, 1.807) is 17.0 Å². The molecule has 0 fully saturated rings. The monoisotopic (exact) mass is 298 g/mol. The number of nitrogens with one attached hydrogen (secondary N) is 1. The summed E-state index contributed by atoms with van der Waals surface area (Å²) in [4.78, 5) is 24.0. The van der Waals surface area contributed by atoms with Gasteiger partial charge in [-0.05, 0) is 28.1 Å². The van der Waals surface area contributed by atoms with Crippen molar-refractivity contribution in [2.75, 3.05) is 23.3 Å². The molecule has 1 heterocycles. The molecule has 0 spiro atoms. The number of hydrogen-bond donors (Lipinski definition) is 2. The van der Waals surface area contributed by atoms with Crippen LogP contribution in [0.2, 0.25) is 0 Å². The van der Waals surface area contributed by atoms with Crippen LogP contribution in [0.25, 0.3) is 0 Å². The maximum atomic E-state index is 11.5. The molecule has 17 heavy (non-hydrogen) atoms. The van der Waals surface area contributed by atoms with Crippen LogP contribution in [-0.2, 0) is 9.59 Å². The number of hydrogen-bond acceptors (Lipinski definition) is 3. The molecule has 2 N–H and O–H groups in total. The summed E-state index contributed by atoms with van der Waals surface area (Å²) in [7, 11) is 0. The van der Waals surface area contributed by atoms with Crippen LogP contribution >= 0.6 is 15.9 Å². The predicted octanol–water partition coefficient (Wildman–Crippen LogP) is 1.68. The van der Waals surface area contributed by atoms with Gasteiger partial charge in [0.25, 0.3) is 0 Å². The minimum absolute atomic E-state index is 0.0998. The first-order valence-corrected chi connectivity index (χ1v) is 5.92. The molecular formula is C11H11BrN2O3. The molecule has 1 aliphatic heterocycles. The van der Waals surface area contributed by atoms with Crippen LogP contribution in [0, 0.1) is 0 Å². The Bertz CT molecular complexity index is 476. The minimum atomic E-state index is -0.916. The number of para-hydroxylation sites is 1. The predicted molar refractivity (Wildman–Crippen MR) is 67.2 cm³/mol. The molecule has 1 amide bonds. The summed E-state index contributed by atoms with van der Waals surface area (Å²) in [5.41, 5.74) is 1.36. The smallest absolute Gasteiger partial charge is 0.323 e. The normalized spacial score (nSPS) is 14.9. The highest BCUT2D eigenvalue weighted by molar-refractivity contribution is 9.10. The number of rotatable bonds is 2. The van der Waals surface area contributed by atoms with Gasteiger partial charge in [-0.3, -0.25) is 9.59 Å². The van der Waals surface area contributed by atoms with Crippen LogP contribution < -0.4 is 10.2 Å². The lowest BCUT2D eigenvalue weighted by molar-refractivity contribution is -0.135. The lowest BCUT2D eigenvalue weighted by Gasteiger charge is -2.23. The fourth-order valence-electron chi connectivity index (χ4n) is 1.82. The Morgan fingerprint density at radius 1 is 1.53 bits per heavy atom. The number of carbonyl (C=O) groups excluding carboxylic acids is 1. The number of anilines is 2. The molecule has 0 saturated carbocycles. The van der Waals surface area contributed by atoms with Crippen molar-refractivity contribution in [3.63, 3.8) is 0 Å². The van der Waals surface area contributed by atoms with Gasteiger partial charge in [0, 0.05) is 17.4 Å². The maximum absolute atomic E-state index is 11.5. The van der Waals surface area contributed by atoms with Crippen molar-refractivity contribution in [1.29, 1.82) is 0 Å². The van der Waals surface area contributed by atoms with Crippen molar-refractivity contribution in [2.45, 2.75) is 6.42 Å². The van der Waals surface area contributed by atoms with Gasteiger partial charge in [-0.15, -0.1) is 0 Å². The van der Waals surface area contributed by atoms with E-state index in [1.165, 1.54) is 0 Å². The Hall–Kier alpha value is -1.56. The molecule has 1 aromatic carbocycles. The second kappa shape index (κ2) is 4.75. The van der Waals surface area contributed by atoms with Crippen LogP contribution in [0.4, 0.5) is 11.4 Å². The van der Waals surface area contributed by atoms with Crippen LogP contribution in [0.15, 0.2) is 22.7 Å². The van der Waals surface area contributed by atoms with Gasteiger partial charge in [0.2, 0.25) is 5.91 Å². The van der Waals surface area contributed by atoms with Gasteiger partial charge in [-0.25, -0.2) is 0 Å². The third kappa shape index (κ3) is 2.58. The van der Waals surface area contributed by atoms with Crippen LogP contribution in [-0.4, -0.2) is 30.1 Å². The molecule has 0 aromatic heterocycles. The number of benzene rings is 1. The highest BCUT2D eigenvalue weighted by Gasteiger charge is 2.22. The van der Waals surface area contributed by atoms with Crippen molar-refractivity contribution in [3.8, 4) is 0 Å². The van der Waals surface area contributed by atoms with Crippen molar-refractivity contribution in [1.82, 2.24) is 0 Å². The molecule has 0 radical (unpaired) electrons. The third-order valence-corrected chi connectivity index (χ3v) is 3.15. The van der Waals surface area contributed by atoms with Crippen molar-refractivity contribution in [2.24, 2.45) is 0 Å². The zero-order valence-electron chi connectivity index (χ0n) is 8.94. The molecule has 1 aliphatic rings. The molecule has 0 saturated heterocycles. The van der Waals surface area contributed by atoms with Crippen LogP contribution in [0.1, 0.15) is 6.42 Å². The van der Waals surface area contributed by atoms with E-state index >= 15 is 0 Å². The SMILES string of the molecule is O=C(O)CN1CCC(=O)Nc2cccc(Br)c21. The Morgan fingerprint density at radius 3 is 3.00 bits per heavy atom. The van der Waals surface area contributed by atoms with E-state index in [0.29, 0.717) is 12.2 Å². The molecule has 0 aliphatic carbocycles. The first kappa shape index (κ1) is 11.9. The quantitative estimate of drug-likeness (QED) is 0.872. The number of aliphatic carboxylic acids is 1. The zero-order chi connectivity index (χ0) is 12.4. The third-order valence-electron chi connectivity index (χ3n) is 2.51. The number of amides is 1. The Kier molecular flexibility index (Phi) is 3.33. The van der Waals surface area contributed by atoms with Gasteiger partial charge in [0.15, 0.2) is 0 Å². The van der Waals surface area contributed by atoms with Crippen molar-refractivity contribution < 1.29 is 14.7 Å². The highest BCUT2D eigenvalue weighted by Crippen LogP contribution is 2.35.